The maximum absolute atomic E-state index is 13.8. The number of hydrogen-bond acceptors (Lipinski definition) is 4. The molecule has 26 heavy (non-hydrogen) atoms. The van der Waals surface area contributed by atoms with Crippen LogP contribution < -0.4 is 4.74 Å². The first-order valence-electron chi connectivity index (χ1n) is 7.47. The monoisotopic (exact) mass is 415 g/mol. The van der Waals surface area contributed by atoms with Crippen molar-refractivity contribution in [3.05, 3.63) is 69.5 Å². The fourth-order valence-corrected chi connectivity index (χ4v) is 3.56. The molecule has 0 spiro atoms. The van der Waals surface area contributed by atoms with Gasteiger partial charge in [-0.05, 0) is 24.3 Å². The normalized spacial score (nSPS) is 11.0. The van der Waals surface area contributed by atoms with Crippen LogP contribution >= 0.6 is 35.0 Å². The quantitative estimate of drug-likeness (QED) is 0.514. The fraction of sp³-hybridized carbons (Fsp3) is 0.176. The molecule has 0 unspecified atom stereocenters. The Kier molecular flexibility index (Phi) is 6.01. The van der Waals surface area contributed by atoms with Crippen molar-refractivity contribution in [3.63, 3.8) is 0 Å². The smallest absolute Gasteiger partial charge is 0.191 e. The van der Waals surface area contributed by atoms with Gasteiger partial charge >= 0.3 is 0 Å². The van der Waals surface area contributed by atoms with Gasteiger partial charge < -0.3 is 9.30 Å². The molecule has 0 atom stereocenters. The minimum Gasteiger partial charge on any atom is -0.486 e. The second-order valence-electron chi connectivity index (χ2n) is 5.31. The maximum Gasteiger partial charge on any atom is 0.191 e. The fourth-order valence-electron chi connectivity index (χ4n) is 2.12. The third kappa shape index (κ3) is 4.28. The highest BCUT2D eigenvalue weighted by Crippen LogP contribution is 2.28. The van der Waals surface area contributed by atoms with Crippen LogP contribution in [0.15, 0.2) is 41.6 Å². The number of aromatic nitrogens is 3. The highest BCUT2D eigenvalue weighted by atomic mass is 35.5. The van der Waals surface area contributed by atoms with Crippen molar-refractivity contribution < 1.29 is 13.5 Å². The molecule has 0 aliphatic heterocycles. The first-order chi connectivity index (χ1) is 12.5. The van der Waals surface area contributed by atoms with E-state index in [9.17, 15) is 8.78 Å². The highest BCUT2D eigenvalue weighted by Gasteiger charge is 2.13. The van der Waals surface area contributed by atoms with Gasteiger partial charge in [-0.3, -0.25) is 0 Å². The second-order valence-corrected chi connectivity index (χ2v) is 7.07. The predicted octanol–water partition coefficient (Wildman–Crippen LogP) is 5.27. The third-order valence-electron chi connectivity index (χ3n) is 3.59. The molecule has 1 aromatic heterocycles. The Morgan fingerprint density at radius 2 is 1.88 bits per heavy atom. The summed E-state index contributed by atoms with van der Waals surface area (Å²) in [5, 5.41) is 9.09. The number of hydrogen-bond donors (Lipinski definition) is 0. The van der Waals surface area contributed by atoms with Crippen LogP contribution in [-0.4, -0.2) is 14.8 Å². The number of nitrogens with zero attached hydrogens (tertiary/aromatic N) is 3. The molecule has 2 aromatic carbocycles. The Hall–Kier alpha value is -1.83. The summed E-state index contributed by atoms with van der Waals surface area (Å²) >= 11 is 13.1. The molecule has 3 aromatic rings. The predicted molar refractivity (Wildman–Crippen MR) is 97.7 cm³/mol. The van der Waals surface area contributed by atoms with E-state index in [1.807, 2.05) is 0 Å². The van der Waals surface area contributed by atoms with E-state index in [-0.39, 0.29) is 17.4 Å². The summed E-state index contributed by atoms with van der Waals surface area (Å²) in [6, 6.07) is 8.67. The van der Waals surface area contributed by atoms with Crippen LogP contribution in [0.5, 0.6) is 5.75 Å². The number of thioether (sulfide) groups is 1. The Bertz CT molecular complexity index is 916. The van der Waals surface area contributed by atoms with Gasteiger partial charge in [-0.15, -0.1) is 10.2 Å². The summed E-state index contributed by atoms with van der Waals surface area (Å²) < 4.78 is 34.3. The number of rotatable bonds is 6. The summed E-state index contributed by atoms with van der Waals surface area (Å²) in [7, 11) is 1.78. The lowest BCUT2D eigenvalue weighted by molar-refractivity contribution is 0.290. The summed E-state index contributed by atoms with van der Waals surface area (Å²) in [5.74, 6) is 0.442. The molecule has 0 aliphatic rings. The van der Waals surface area contributed by atoms with Gasteiger partial charge in [-0.25, -0.2) is 8.78 Å². The van der Waals surface area contributed by atoms with Crippen molar-refractivity contribution in [1.82, 2.24) is 14.8 Å². The molecule has 136 valence electrons. The SMILES string of the molecule is Cn1c(COc2ccc(F)c(Cl)c2)nnc1SCc1c(F)cccc1Cl. The number of halogens is 4. The summed E-state index contributed by atoms with van der Waals surface area (Å²) in [5.41, 5.74) is 0.418. The average molecular weight is 416 g/mol. The van der Waals surface area contributed by atoms with E-state index in [2.05, 4.69) is 10.2 Å². The number of benzene rings is 2. The van der Waals surface area contributed by atoms with E-state index in [0.717, 1.165) is 0 Å². The van der Waals surface area contributed by atoms with Crippen molar-refractivity contribution >= 4 is 35.0 Å². The van der Waals surface area contributed by atoms with Crippen LogP contribution in [0.4, 0.5) is 8.78 Å². The summed E-state index contributed by atoms with van der Waals surface area (Å²) in [6.45, 7) is 0.131. The first kappa shape index (κ1) is 18.9. The van der Waals surface area contributed by atoms with Crippen LogP contribution in [0.3, 0.4) is 0 Å². The zero-order valence-corrected chi connectivity index (χ0v) is 15.9. The first-order valence-corrected chi connectivity index (χ1v) is 9.21. The topological polar surface area (TPSA) is 39.9 Å². The maximum atomic E-state index is 13.8. The molecule has 3 rings (SSSR count). The number of ether oxygens (including phenoxy) is 1. The Balaban J connectivity index is 1.65. The molecule has 0 amide bonds. The van der Waals surface area contributed by atoms with Crippen LogP contribution in [0.25, 0.3) is 0 Å². The van der Waals surface area contributed by atoms with Gasteiger partial charge in [0.2, 0.25) is 0 Å². The average Bonchev–Trinajstić information content (AvgIpc) is 2.96. The Morgan fingerprint density at radius 1 is 1.08 bits per heavy atom. The van der Waals surface area contributed by atoms with Crippen molar-refractivity contribution in [3.8, 4) is 5.75 Å². The zero-order valence-electron chi connectivity index (χ0n) is 13.5. The van der Waals surface area contributed by atoms with Crippen molar-refractivity contribution in [2.45, 2.75) is 17.5 Å². The minimum atomic E-state index is -0.511. The zero-order chi connectivity index (χ0) is 18.7. The molecule has 4 nitrogen and oxygen atoms in total. The van der Waals surface area contributed by atoms with E-state index in [4.69, 9.17) is 27.9 Å². The molecular formula is C17H13Cl2F2N3OS. The molecule has 0 fully saturated rings. The van der Waals surface area contributed by atoms with Gasteiger partial charge in [0.05, 0.1) is 5.02 Å². The lowest BCUT2D eigenvalue weighted by atomic mass is 10.2. The van der Waals surface area contributed by atoms with Crippen LogP contribution in [0.1, 0.15) is 11.4 Å². The van der Waals surface area contributed by atoms with Gasteiger partial charge in [-0.1, -0.05) is 41.0 Å². The second kappa shape index (κ2) is 8.24. The standard InChI is InChI=1S/C17H13Cl2F2N3OS/c1-24-16(8-25-10-5-6-15(21)13(19)7-10)22-23-17(24)26-9-11-12(18)3-2-4-14(11)20/h2-7H,8-9H2,1H3. The molecule has 1 heterocycles. The highest BCUT2D eigenvalue weighted by molar-refractivity contribution is 7.98. The lowest BCUT2D eigenvalue weighted by Crippen LogP contribution is -2.04. The summed E-state index contributed by atoms with van der Waals surface area (Å²) in [6.07, 6.45) is 0. The van der Waals surface area contributed by atoms with Gasteiger partial charge in [0.25, 0.3) is 0 Å². The van der Waals surface area contributed by atoms with Crippen molar-refractivity contribution in [2.24, 2.45) is 7.05 Å². The van der Waals surface area contributed by atoms with Gasteiger partial charge in [0.15, 0.2) is 11.0 Å². The molecule has 0 N–H and O–H groups in total. The van der Waals surface area contributed by atoms with Crippen molar-refractivity contribution in [1.29, 1.82) is 0 Å². The lowest BCUT2D eigenvalue weighted by Gasteiger charge is -2.08. The van der Waals surface area contributed by atoms with E-state index in [1.54, 1.807) is 23.7 Å². The van der Waals surface area contributed by atoms with Gasteiger partial charge in [0, 0.05) is 29.5 Å². The Labute approximate surface area is 163 Å². The molecule has 0 aliphatic carbocycles. The van der Waals surface area contributed by atoms with Crippen LogP contribution in [-0.2, 0) is 19.4 Å². The molecule has 0 bridgehead atoms. The molecule has 0 saturated heterocycles. The summed E-state index contributed by atoms with van der Waals surface area (Å²) in [4.78, 5) is 0. The third-order valence-corrected chi connectivity index (χ3v) is 5.28. The van der Waals surface area contributed by atoms with E-state index < -0.39 is 5.82 Å². The van der Waals surface area contributed by atoms with Crippen LogP contribution in [0.2, 0.25) is 10.0 Å². The van der Waals surface area contributed by atoms with Crippen LogP contribution in [0, 0.1) is 11.6 Å². The minimum absolute atomic E-state index is 0.0153. The molecule has 0 radical (unpaired) electrons. The van der Waals surface area contributed by atoms with E-state index in [0.29, 0.717) is 33.1 Å². The Morgan fingerprint density at radius 3 is 2.62 bits per heavy atom. The van der Waals surface area contributed by atoms with Crippen molar-refractivity contribution in [2.75, 3.05) is 0 Å². The molecule has 9 heteroatoms. The van der Waals surface area contributed by atoms with Gasteiger partial charge in [-0.2, -0.15) is 0 Å². The molecular weight excluding hydrogens is 403 g/mol. The van der Waals surface area contributed by atoms with E-state index >= 15 is 0 Å². The molecule has 0 saturated carbocycles. The largest absolute Gasteiger partial charge is 0.486 e. The van der Waals surface area contributed by atoms with Gasteiger partial charge in [0.1, 0.15) is 24.0 Å². The van der Waals surface area contributed by atoms with E-state index in [1.165, 1.54) is 36.0 Å².